The van der Waals surface area contributed by atoms with Crippen LogP contribution in [0.2, 0.25) is 0 Å². The first kappa shape index (κ1) is 38.4. The van der Waals surface area contributed by atoms with Gasteiger partial charge in [-0.2, -0.15) is 0 Å². The molecular weight excluding hydrogens is 680 g/mol. The minimum Gasteiger partial charge on any atom is -0.445 e. The van der Waals surface area contributed by atoms with Gasteiger partial charge in [0, 0.05) is 30.6 Å². The lowest BCUT2D eigenvalue weighted by atomic mass is 9.86. The minimum atomic E-state index is -1.12. The lowest BCUT2D eigenvalue weighted by Crippen LogP contribution is -2.55. The number of imide groups is 1. The average Bonchev–Trinajstić information content (AvgIpc) is 3.47. The number of alkyl carbamates (subject to hydrolysis) is 1. The number of carbonyl (C=O) groups excluding carboxylic acids is 7. The molecule has 0 radical (unpaired) electrons. The fourth-order valence-electron chi connectivity index (χ4n) is 6.20. The largest absolute Gasteiger partial charge is 0.445 e. The fourth-order valence-corrected chi connectivity index (χ4v) is 6.20. The predicted octanol–water partition coefficient (Wildman–Crippen LogP) is 4.41. The van der Waals surface area contributed by atoms with Crippen LogP contribution in [0.25, 0.3) is 0 Å². The molecule has 2 N–H and O–H groups in total. The highest BCUT2D eigenvalue weighted by molar-refractivity contribution is 6.42. The summed E-state index contributed by atoms with van der Waals surface area (Å²) in [6.07, 6.45) is -0.842. The van der Waals surface area contributed by atoms with Gasteiger partial charge in [-0.15, -0.1) is 0 Å². The Bertz CT molecular complexity index is 1900. The van der Waals surface area contributed by atoms with Gasteiger partial charge in [0.05, 0.1) is 0 Å². The van der Waals surface area contributed by atoms with Crippen molar-refractivity contribution in [2.24, 2.45) is 5.92 Å². The van der Waals surface area contributed by atoms with Gasteiger partial charge >= 0.3 is 12.1 Å². The molecule has 53 heavy (non-hydrogen) atoms. The number of carbonyl (C=O) groups is 7. The zero-order valence-corrected chi connectivity index (χ0v) is 30.5. The van der Waals surface area contributed by atoms with E-state index in [-0.39, 0.29) is 43.5 Å². The van der Waals surface area contributed by atoms with Crippen molar-refractivity contribution in [3.63, 3.8) is 0 Å². The van der Waals surface area contributed by atoms with E-state index in [9.17, 15) is 33.6 Å². The third-order valence-electron chi connectivity index (χ3n) is 9.35. The number of ether oxygens (including phenoxy) is 2. The first-order valence-corrected chi connectivity index (χ1v) is 17.5. The summed E-state index contributed by atoms with van der Waals surface area (Å²) in [6, 6.07) is 18.8. The molecule has 2 aliphatic heterocycles. The number of hydrogen-bond acceptors (Lipinski definition) is 9. The van der Waals surface area contributed by atoms with Crippen molar-refractivity contribution >= 4 is 41.5 Å². The number of hydrogen-bond donors (Lipinski definition) is 2. The van der Waals surface area contributed by atoms with Gasteiger partial charge in [0.15, 0.2) is 6.73 Å². The van der Waals surface area contributed by atoms with Crippen molar-refractivity contribution < 1.29 is 43.0 Å². The third-order valence-corrected chi connectivity index (χ3v) is 9.35. The Hall–Kier alpha value is -5.85. The van der Waals surface area contributed by atoms with Crippen molar-refractivity contribution in [1.82, 2.24) is 20.4 Å². The number of piperidine rings is 1. The standard InChI is InChI=1S/C40H44N4O9/c1-24(2)33(42-39(51)52-22-25-10-7-6-8-11-25)38(50)53-23-44-32(45)19-18-31(37(44)49)43-21-30-27(12-9-13-29(30)36(43)48)20-41-35(47)34(46)26-14-16-28(17-15-26)40(3,4)5/h6-17,24,31,33H,18-23H2,1-5H3,(H,41,47)(H,42,51). The maximum absolute atomic E-state index is 13.7. The van der Waals surface area contributed by atoms with Crippen LogP contribution in [0.3, 0.4) is 0 Å². The molecule has 0 aromatic heterocycles. The molecule has 5 rings (SSSR count). The molecule has 1 fully saturated rings. The van der Waals surface area contributed by atoms with Crippen LogP contribution in [0.5, 0.6) is 0 Å². The Morgan fingerprint density at radius 3 is 2.25 bits per heavy atom. The maximum atomic E-state index is 13.7. The molecule has 5 amide bonds. The van der Waals surface area contributed by atoms with E-state index in [0.717, 1.165) is 16.0 Å². The number of Topliss-reactive ketones (excluding diaryl/α,β-unsaturated/α-hetero) is 1. The SMILES string of the molecule is CC(C)C(NC(=O)OCc1ccccc1)C(=O)OCN1C(=O)CCC(N2Cc3c(CNC(=O)C(=O)c4ccc(C(C)(C)C)cc4)cccc3C2=O)C1=O. The van der Waals surface area contributed by atoms with E-state index >= 15 is 0 Å². The Morgan fingerprint density at radius 1 is 0.887 bits per heavy atom. The molecule has 2 unspecified atom stereocenters. The molecular formula is C40H44N4O9. The smallest absolute Gasteiger partial charge is 0.408 e. The second-order valence-electron chi connectivity index (χ2n) is 14.5. The Balaban J connectivity index is 1.18. The summed E-state index contributed by atoms with van der Waals surface area (Å²) in [7, 11) is 0. The van der Waals surface area contributed by atoms with Crippen molar-refractivity contribution in [3.8, 4) is 0 Å². The number of nitrogens with one attached hydrogen (secondary N) is 2. The van der Waals surface area contributed by atoms with Crippen LogP contribution in [0, 0.1) is 5.92 Å². The lowest BCUT2D eigenvalue weighted by molar-refractivity contribution is -0.165. The quantitative estimate of drug-likeness (QED) is 0.119. The van der Waals surface area contributed by atoms with Crippen molar-refractivity contribution in [2.45, 2.75) is 84.7 Å². The third kappa shape index (κ3) is 8.97. The van der Waals surface area contributed by atoms with Gasteiger partial charge in [0.25, 0.3) is 17.7 Å². The number of rotatable bonds is 12. The van der Waals surface area contributed by atoms with E-state index < -0.39 is 66.2 Å². The minimum absolute atomic E-state index is 0.00743. The van der Waals surface area contributed by atoms with E-state index in [1.54, 1.807) is 68.4 Å². The summed E-state index contributed by atoms with van der Waals surface area (Å²) in [5.74, 6) is -4.46. The van der Waals surface area contributed by atoms with Gasteiger partial charge in [0.2, 0.25) is 11.7 Å². The highest BCUT2D eigenvalue weighted by Gasteiger charge is 2.44. The molecule has 0 spiro atoms. The molecule has 2 aliphatic rings. The summed E-state index contributed by atoms with van der Waals surface area (Å²) in [5, 5.41) is 5.14. The second kappa shape index (κ2) is 16.2. The van der Waals surface area contributed by atoms with E-state index in [1.165, 1.54) is 4.90 Å². The average molecular weight is 725 g/mol. The molecule has 2 heterocycles. The van der Waals surface area contributed by atoms with Crippen LogP contribution in [-0.4, -0.2) is 70.1 Å². The lowest BCUT2D eigenvalue weighted by Gasteiger charge is -2.35. The summed E-state index contributed by atoms with van der Waals surface area (Å²) in [6.45, 7) is 8.83. The van der Waals surface area contributed by atoms with Crippen LogP contribution in [0.15, 0.2) is 72.8 Å². The monoisotopic (exact) mass is 724 g/mol. The van der Waals surface area contributed by atoms with Crippen LogP contribution >= 0.6 is 0 Å². The van der Waals surface area contributed by atoms with E-state index in [4.69, 9.17) is 9.47 Å². The molecule has 1 saturated heterocycles. The van der Waals surface area contributed by atoms with Gasteiger partial charge in [-0.25, -0.2) is 14.5 Å². The van der Waals surface area contributed by atoms with Crippen molar-refractivity contribution in [1.29, 1.82) is 0 Å². The molecule has 0 aliphatic carbocycles. The number of benzene rings is 3. The highest BCUT2D eigenvalue weighted by Crippen LogP contribution is 2.31. The molecule has 3 aromatic rings. The Kier molecular flexibility index (Phi) is 11.7. The first-order valence-electron chi connectivity index (χ1n) is 17.5. The normalized spacial score (nSPS) is 16.3. The zero-order valence-electron chi connectivity index (χ0n) is 30.5. The molecule has 0 bridgehead atoms. The van der Waals surface area contributed by atoms with Crippen molar-refractivity contribution in [2.75, 3.05) is 6.73 Å². The first-order chi connectivity index (χ1) is 25.1. The summed E-state index contributed by atoms with van der Waals surface area (Å²) < 4.78 is 10.6. The van der Waals surface area contributed by atoms with Gasteiger partial charge in [-0.05, 0) is 46.1 Å². The fraction of sp³-hybridized carbons (Fsp3) is 0.375. The van der Waals surface area contributed by atoms with Crippen LogP contribution in [0.1, 0.15) is 90.4 Å². The van der Waals surface area contributed by atoms with E-state index in [1.807, 2.05) is 18.2 Å². The van der Waals surface area contributed by atoms with Crippen LogP contribution < -0.4 is 10.6 Å². The van der Waals surface area contributed by atoms with Gasteiger partial charge < -0.3 is 25.0 Å². The van der Waals surface area contributed by atoms with Gasteiger partial charge in [0.1, 0.15) is 18.7 Å². The van der Waals surface area contributed by atoms with Crippen LogP contribution in [0.4, 0.5) is 4.79 Å². The second-order valence-corrected chi connectivity index (χ2v) is 14.5. The molecule has 13 nitrogen and oxygen atoms in total. The van der Waals surface area contributed by atoms with E-state index in [0.29, 0.717) is 16.7 Å². The number of ketones is 1. The number of fused-ring (bicyclic) bond motifs is 1. The summed E-state index contributed by atoms with van der Waals surface area (Å²) >= 11 is 0. The van der Waals surface area contributed by atoms with E-state index in [2.05, 4.69) is 31.4 Å². The summed E-state index contributed by atoms with van der Waals surface area (Å²) in [5.41, 5.74) is 3.47. The van der Waals surface area contributed by atoms with Gasteiger partial charge in [-0.3, -0.25) is 24.0 Å². The predicted molar refractivity (Wildman–Crippen MR) is 192 cm³/mol. The zero-order chi connectivity index (χ0) is 38.4. The summed E-state index contributed by atoms with van der Waals surface area (Å²) in [4.78, 5) is 93.4. The van der Waals surface area contributed by atoms with Gasteiger partial charge in [-0.1, -0.05) is 101 Å². The molecule has 0 saturated carbocycles. The molecule has 278 valence electrons. The number of likely N-dealkylation sites (tertiary alicyclic amines) is 1. The highest BCUT2D eigenvalue weighted by atomic mass is 16.6. The number of amides is 5. The van der Waals surface area contributed by atoms with Crippen molar-refractivity contribution in [3.05, 3.63) is 106 Å². The number of esters is 1. The molecule has 2 atom stereocenters. The molecule has 13 heteroatoms. The Morgan fingerprint density at radius 2 is 1.58 bits per heavy atom. The maximum Gasteiger partial charge on any atom is 0.408 e. The van der Waals surface area contributed by atoms with Crippen LogP contribution in [-0.2, 0) is 53.8 Å². The number of nitrogens with zero attached hydrogens (tertiary/aromatic N) is 2. The topological polar surface area (TPSA) is 168 Å². The molecule has 3 aromatic carbocycles. The Labute approximate surface area is 308 Å².